The van der Waals surface area contributed by atoms with Gasteiger partial charge in [-0.1, -0.05) is 51.2 Å². The first-order valence-electron chi connectivity index (χ1n) is 9.34. The van der Waals surface area contributed by atoms with Crippen LogP contribution in [0.1, 0.15) is 75.8 Å². The van der Waals surface area contributed by atoms with E-state index in [0.717, 1.165) is 24.0 Å². The van der Waals surface area contributed by atoms with Crippen LogP contribution in [-0.2, 0) is 6.42 Å². The van der Waals surface area contributed by atoms with Crippen molar-refractivity contribution in [2.45, 2.75) is 71.1 Å². The number of hydrogen-bond donors (Lipinski definition) is 0. The van der Waals surface area contributed by atoms with E-state index in [1.54, 1.807) is 5.92 Å². The summed E-state index contributed by atoms with van der Waals surface area (Å²) in [5.41, 5.74) is 2.90. The molecule has 2 fully saturated rings. The van der Waals surface area contributed by atoms with E-state index in [9.17, 15) is 0 Å². The number of ether oxygens (including phenoxy) is 1. The van der Waals surface area contributed by atoms with Crippen LogP contribution in [0.25, 0.3) is 0 Å². The second-order valence-corrected chi connectivity index (χ2v) is 7.19. The molecule has 0 saturated heterocycles. The third kappa shape index (κ3) is 3.34. The van der Waals surface area contributed by atoms with Crippen molar-refractivity contribution in [2.75, 3.05) is 7.11 Å². The largest absolute Gasteiger partial charge is 0.496 e. The summed E-state index contributed by atoms with van der Waals surface area (Å²) in [6, 6.07) is 6.54. The Morgan fingerprint density at radius 3 is 2.27 bits per heavy atom. The molecular weight excluding hydrogens is 268 g/mol. The Kier molecular flexibility index (Phi) is 5.44. The Hall–Kier alpha value is -0.980. The van der Waals surface area contributed by atoms with Gasteiger partial charge in [-0.2, -0.15) is 0 Å². The number of benzene rings is 1. The van der Waals surface area contributed by atoms with E-state index in [4.69, 9.17) is 4.74 Å². The van der Waals surface area contributed by atoms with Crippen LogP contribution in [-0.4, -0.2) is 7.11 Å². The lowest BCUT2D eigenvalue weighted by atomic mass is 9.69. The average molecular weight is 299 g/mol. The van der Waals surface area contributed by atoms with Crippen molar-refractivity contribution < 1.29 is 4.74 Å². The molecule has 0 spiro atoms. The molecule has 0 heterocycles. The predicted molar refractivity (Wildman–Crippen MR) is 93.3 cm³/mol. The van der Waals surface area contributed by atoms with E-state index in [1.807, 2.05) is 7.11 Å². The van der Waals surface area contributed by atoms with Gasteiger partial charge in [-0.25, -0.2) is 0 Å². The Balaban J connectivity index is 1.68. The molecule has 2 aliphatic carbocycles. The molecule has 0 aromatic heterocycles. The molecule has 1 aromatic carbocycles. The lowest BCUT2D eigenvalue weighted by molar-refractivity contribution is 0.205. The monoisotopic (exact) mass is 299 g/mol. The average Bonchev–Trinajstić information content (AvgIpc) is 2.62. The maximum Gasteiger partial charge on any atom is 0.122 e. The third-order valence-electron chi connectivity index (χ3n) is 6.02. The zero-order valence-electron chi connectivity index (χ0n) is 14.4. The van der Waals surface area contributed by atoms with Crippen molar-refractivity contribution in [3.8, 4) is 5.75 Å². The Bertz CT molecular complexity index is 443. The summed E-state index contributed by atoms with van der Waals surface area (Å²) in [4.78, 5) is 0. The number of hydrogen-bond acceptors (Lipinski definition) is 1. The first kappa shape index (κ1) is 15.9. The minimum atomic E-state index is 0.990. The van der Waals surface area contributed by atoms with Crippen molar-refractivity contribution in [3.63, 3.8) is 0 Å². The Morgan fingerprint density at radius 2 is 1.64 bits per heavy atom. The fourth-order valence-corrected chi connectivity index (χ4v) is 4.76. The topological polar surface area (TPSA) is 9.23 Å². The van der Waals surface area contributed by atoms with E-state index in [-0.39, 0.29) is 0 Å². The van der Waals surface area contributed by atoms with Gasteiger partial charge in [0, 0.05) is 11.5 Å². The summed E-state index contributed by atoms with van der Waals surface area (Å²) in [7, 11) is 1.81. The molecule has 2 aliphatic rings. The summed E-state index contributed by atoms with van der Waals surface area (Å²) < 4.78 is 5.66. The highest BCUT2D eigenvalue weighted by Crippen LogP contribution is 2.45. The highest BCUT2D eigenvalue weighted by Gasteiger charge is 2.31. The number of rotatable bonds is 4. The van der Waals surface area contributed by atoms with E-state index < -0.39 is 0 Å². The van der Waals surface area contributed by atoms with Crippen molar-refractivity contribution >= 4 is 0 Å². The summed E-state index contributed by atoms with van der Waals surface area (Å²) >= 11 is 0. The molecule has 0 atom stereocenters. The van der Waals surface area contributed by atoms with Crippen molar-refractivity contribution in [3.05, 3.63) is 35.2 Å². The van der Waals surface area contributed by atoms with E-state index in [1.165, 1.54) is 68.9 Å². The van der Waals surface area contributed by atoms with Gasteiger partial charge in [0.25, 0.3) is 0 Å². The fourth-order valence-electron chi connectivity index (χ4n) is 4.76. The van der Waals surface area contributed by atoms with Crippen molar-refractivity contribution in [2.24, 2.45) is 11.8 Å². The van der Waals surface area contributed by atoms with E-state index >= 15 is 0 Å². The molecule has 121 valence electrons. The SMILES string of the molecule is CCc1cccc(OC)c1[C]1CCC(C2CCCCC2)CC1. The van der Waals surface area contributed by atoms with Crippen molar-refractivity contribution in [1.82, 2.24) is 0 Å². The summed E-state index contributed by atoms with van der Waals surface area (Å²) in [6.07, 6.45) is 13.9. The molecule has 0 unspecified atom stereocenters. The molecule has 2 saturated carbocycles. The van der Waals surface area contributed by atoms with Gasteiger partial charge in [0.1, 0.15) is 5.75 Å². The summed E-state index contributed by atoms with van der Waals surface area (Å²) in [5.74, 6) is 4.76. The van der Waals surface area contributed by atoms with Gasteiger partial charge in [-0.3, -0.25) is 0 Å². The fraction of sp³-hybridized carbons (Fsp3) is 0.667. The second kappa shape index (κ2) is 7.53. The molecule has 1 aromatic rings. The number of methoxy groups -OCH3 is 1. The Labute approximate surface area is 136 Å². The third-order valence-corrected chi connectivity index (χ3v) is 6.02. The lowest BCUT2D eigenvalue weighted by Crippen LogP contribution is -2.23. The second-order valence-electron chi connectivity index (χ2n) is 7.19. The highest BCUT2D eigenvalue weighted by molar-refractivity contribution is 5.49. The van der Waals surface area contributed by atoms with E-state index in [0.29, 0.717) is 0 Å². The minimum Gasteiger partial charge on any atom is -0.496 e. The Morgan fingerprint density at radius 1 is 0.955 bits per heavy atom. The molecule has 3 rings (SSSR count). The first-order valence-corrected chi connectivity index (χ1v) is 9.34. The molecule has 22 heavy (non-hydrogen) atoms. The zero-order valence-corrected chi connectivity index (χ0v) is 14.4. The van der Waals surface area contributed by atoms with Gasteiger partial charge in [-0.15, -0.1) is 0 Å². The predicted octanol–water partition coefficient (Wildman–Crippen LogP) is 5.95. The zero-order chi connectivity index (χ0) is 15.4. The normalized spacial score (nSPS) is 21.9. The van der Waals surface area contributed by atoms with Gasteiger partial charge in [0.05, 0.1) is 7.11 Å². The molecule has 1 heteroatoms. The van der Waals surface area contributed by atoms with Gasteiger partial charge >= 0.3 is 0 Å². The van der Waals surface area contributed by atoms with Crippen LogP contribution >= 0.6 is 0 Å². The van der Waals surface area contributed by atoms with Crippen LogP contribution in [0.4, 0.5) is 0 Å². The van der Waals surface area contributed by atoms with Crippen LogP contribution in [0.3, 0.4) is 0 Å². The van der Waals surface area contributed by atoms with E-state index in [2.05, 4.69) is 25.1 Å². The molecule has 0 bridgehead atoms. The van der Waals surface area contributed by atoms with Gasteiger partial charge in [0.15, 0.2) is 0 Å². The van der Waals surface area contributed by atoms with Gasteiger partial charge in [-0.05, 0) is 55.6 Å². The maximum atomic E-state index is 5.66. The van der Waals surface area contributed by atoms with Crippen LogP contribution in [0.2, 0.25) is 0 Å². The molecule has 1 nitrogen and oxygen atoms in total. The quantitative estimate of drug-likeness (QED) is 0.667. The molecule has 0 aliphatic heterocycles. The first-order chi connectivity index (χ1) is 10.8. The van der Waals surface area contributed by atoms with Crippen LogP contribution in [0.15, 0.2) is 18.2 Å². The van der Waals surface area contributed by atoms with Crippen LogP contribution in [0, 0.1) is 17.8 Å². The summed E-state index contributed by atoms with van der Waals surface area (Å²) in [6.45, 7) is 2.26. The molecule has 1 radical (unpaired) electrons. The standard InChI is InChI=1S/C21H31O/c1-3-16-10-7-11-20(22-2)21(16)19-14-12-18(13-15-19)17-8-5-4-6-9-17/h7,10-11,17-18H,3-6,8-9,12-15H2,1-2H3. The highest BCUT2D eigenvalue weighted by atomic mass is 16.5. The van der Waals surface area contributed by atoms with Gasteiger partial charge < -0.3 is 4.74 Å². The van der Waals surface area contributed by atoms with Crippen LogP contribution in [0.5, 0.6) is 5.75 Å². The van der Waals surface area contributed by atoms with Crippen molar-refractivity contribution in [1.29, 1.82) is 0 Å². The molecule has 0 amide bonds. The van der Waals surface area contributed by atoms with Gasteiger partial charge in [0.2, 0.25) is 0 Å². The smallest absolute Gasteiger partial charge is 0.122 e. The lowest BCUT2D eigenvalue weighted by Gasteiger charge is -2.36. The number of aryl methyl sites for hydroxylation is 1. The molecular formula is C21H31O. The molecule has 0 N–H and O–H groups in total. The maximum absolute atomic E-state index is 5.66. The van der Waals surface area contributed by atoms with Crippen LogP contribution < -0.4 is 4.74 Å². The minimum absolute atomic E-state index is 0.990. The summed E-state index contributed by atoms with van der Waals surface area (Å²) in [5, 5.41) is 0.